The van der Waals surface area contributed by atoms with Crippen LogP contribution in [0.15, 0.2) is 18.2 Å². The molecule has 9 nitrogen and oxygen atoms in total. The Morgan fingerprint density at radius 1 is 1.28 bits per heavy atom. The molecule has 0 unspecified atom stereocenters. The predicted molar refractivity (Wildman–Crippen MR) is 107 cm³/mol. The van der Waals surface area contributed by atoms with Crippen LogP contribution in [0.1, 0.15) is 17.4 Å². The minimum atomic E-state index is -0.594. The summed E-state index contributed by atoms with van der Waals surface area (Å²) in [4.78, 5) is 42.2. The summed E-state index contributed by atoms with van der Waals surface area (Å²) in [5.41, 5.74) is 1.08. The normalized spacial score (nSPS) is 14.7. The van der Waals surface area contributed by atoms with Crippen LogP contribution in [0.25, 0.3) is 10.9 Å². The first-order valence-electron chi connectivity index (χ1n) is 9.38. The molecule has 29 heavy (non-hydrogen) atoms. The number of halogens is 1. The zero-order valence-corrected chi connectivity index (χ0v) is 17.1. The van der Waals surface area contributed by atoms with Gasteiger partial charge in [0, 0.05) is 10.9 Å². The highest BCUT2D eigenvalue weighted by atomic mass is 35.5. The lowest BCUT2D eigenvalue weighted by Gasteiger charge is -2.31. The number of H-pyrrole nitrogens is 1. The van der Waals surface area contributed by atoms with E-state index in [1.165, 1.54) is 7.11 Å². The molecule has 0 spiro atoms. The van der Waals surface area contributed by atoms with Crippen LogP contribution in [0.4, 0.5) is 10.5 Å². The van der Waals surface area contributed by atoms with Gasteiger partial charge < -0.3 is 24.7 Å². The van der Waals surface area contributed by atoms with Crippen molar-refractivity contribution in [2.75, 3.05) is 51.8 Å². The zero-order valence-electron chi connectivity index (χ0n) is 16.3. The SMILES string of the molecule is CCOC(=O)N1CC[NH+](CC(=O)Nc2c(C(=O)OC)[nH]c3cccc(Cl)c23)CC1. The quantitative estimate of drug-likeness (QED) is 0.620. The minimum Gasteiger partial charge on any atom is -0.464 e. The fourth-order valence-corrected chi connectivity index (χ4v) is 3.66. The van der Waals surface area contributed by atoms with E-state index < -0.39 is 5.97 Å². The van der Waals surface area contributed by atoms with Gasteiger partial charge in [-0.1, -0.05) is 17.7 Å². The highest BCUT2D eigenvalue weighted by molar-refractivity contribution is 6.37. The Hall–Kier alpha value is -2.78. The van der Waals surface area contributed by atoms with Gasteiger partial charge in [-0.25, -0.2) is 9.59 Å². The van der Waals surface area contributed by atoms with Crippen molar-refractivity contribution in [3.8, 4) is 0 Å². The molecule has 1 saturated heterocycles. The summed E-state index contributed by atoms with van der Waals surface area (Å²) in [6.07, 6.45) is -0.327. The second-order valence-corrected chi connectivity index (χ2v) is 7.10. The van der Waals surface area contributed by atoms with Crippen LogP contribution in [0.2, 0.25) is 5.02 Å². The van der Waals surface area contributed by atoms with Crippen molar-refractivity contribution in [1.82, 2.24) is 9.88 Å². The maximum absolute atomic E-state index is 12.7. The number of quaternary nitrogens is 1. The Labute approximate surface area is 172 Å². The largest absolute Gasteiger partial charge is 0.464 e. The second kappa shape index (κ2) is 9.15. The number of carbonyl (C=O) groups excluding carboxylic acids is 3. The molecule has 1 aromatic carbocycles. The molecule has 0 saturated carbocycles. The number of nitrogens with one attached hydrogen (secondary N) is 3. The molecular weight excluding hydrogens is 400 g/mol. The van der Waals surface area contributed by atoms with Gasteiger partial charge in [0.1, 0.15) is 5.69 Å². The van der Waals surface area contributed by atoms with E-state index in [4.69, 9.17) is 21.1 Å². The summed E-state index contributed by atoms with van der Waals surface area (Å²) >= 11 is 6.29. The number of anilines is 1. The van der Waals surface area contributed by atoms with Crippen LogP contribution >= 0.6 is 11.6 Å². The van der Waals surface area contributed by atoms with Gasteiger partial charge in [0.2, 0.25) is 0 Å². The molecule has 0 bridgehead atoms. The number of rotatable bonds is 5. The van der Waals surface area contributed by atoms with Gasteiger partial charge in [0.05, 0.1) is 50.6 Å². The van der Waals surface area contributed by atoms with Crippen molar-refractivity contribution in [2.45, 2.75) is 6.92 Å². The third-order valence-electron chi connectivity index (χ3n) is 4.83. The number of benzene rings is 1. The maximum Gasteiger partial charge on any atom is 0.410 e. The highest BCUT2D eigenvalue weighted by Gasteiger charge is 2.27. The number of fused-ring (bicyclic) bond motifs is 1. The molecule has 156 valence electrons. The lowest BCUT2D eigenvalue weighted by atomic mass is 10.2. The first-order valence-corrected chi connectivity index (χ1v) is 9.76. The third kappa shape index (κ3) is 4.63. The summed E-state index contributed by atoms with van der Waals surface area (Å²) in [6, 6.07) is 5.21. The molecule has 2 aromatic rings. The summed E-state index contributed by atoms with van der Waals surface area (Å²) < 4.78 is 9.82. The summed E-state index contributed by atoms with van der Waals surface area (Å²) in [5, 5.41) is 3.79. The number of methoxy groups -OCH3 is 1. The van der Waals surface area contributed by atoms with Gasteiger partial charge in [0.25, 0.3) is 5.91 Å². The fourth-order valence-electron chi connectivity index (χ4n) is 3.39. The maximum atomic E-state index is 12.7. The molecule has 1 fully saturated rings. The van der Waals surface area contributed by atoms with Gasteiger partial charge in [0.15, 0.2) is 6.54 Å². The minimum absolute atomic E-state index is 0.145. The number of nitrogens with zero attached hydrogens (tertiary/aromatic N) is 1. The topological polar surface area (TPSA) is 105 Å². The van der Waals surface area contributed by atoms with Crippen molar-refractivity contribution in [2.24, 2.45) is 0 Å². The van der Waals surface area contributed by atoms with Crippen molar-refractivity contribution in [3.05, 3.63) is 28.9 Å². The Balaban J connectivity index is 1.69. The van der Waals surface area contributed by atoms with Crippen molar-refractivity contribution < 1.29 is 28.8 Å². The second-order valence-electron chi connectivity index (χ2n) is 6.69. The Kier molecular flexibility index (Phi) is 6.60. The number of hydrogen-bond donors (Lipinski definition) is 3. The fraction of sp³-hybridized carbons (Fsp3) is 0.421. The van der Waals surface area contributed by atoms with E-state index in [9.17, 15) is 14.4 Å². The van der Waals surface area contributed by atoms with Crippen molar-refractivity contribution >= 4 is 46.2 Å². The molecule has 1 aromatic heterocycles. The Bertz CT molecular complexity index is 921. The van der Waals surface area contributed by atoms with E-state index in [0.717, 1.165) is 4.90 Å². The van der Waals surface area contributed by atoms with Crippen LogP contribution in [-0.4, -0.2) is 74.3 Å². The number of hydrogen-bond acceptors (Lipinski definition) is 5. The summed E-state index contributed by atoms with van der Waals surface area (Å²) in [7, 11) is 1.27. The molecule has 1 aliphatic rings. The standard InChI is InChI=1S/C19H23ClN4O5/c1-3-29-19(27)24-9-7-23(8-10-24)11-14(25)22-16-15-12(20)5-4-6-13(15)21-17(16)18(26)28-2/h4-6,21H,3,7-11H2,1-2H3,(H,22,25)/p+1. The van der Waals surface area contributed by atoms with Crippen LogP contribution < -0.4 is 10.2 Å². The molecule has 0 atom stereocenters. The average molecular weight is 424 g/mol. The van der Waals surface area contributed by atoms with E-state index in [2.05, 4.69) is 10.3 Å². The smallest absolute Gasteiger partial charge is 0.410 e. The van der Waals surface area contributed by atoms with E-state index in [0.29, 0.717) is 54.4 Å². The predicted octanol–water partition coefficient (Wildman–Crippen LogP) is 0.903. The van der Waals surface area contributed by atoms with E-state index in [1.807, 2.05) is 0 Å². The van der Waals surface area contributed by atoms with Crippen LogP contribution in [0, 0.1) is 0 Å². The number of piperazine rings is 1. The van der Waals surface area contributed by atoms with Crippen molar-refractivity contribution in [1.29, 1.82) is 0 Å². The lowest BCUT2D eigenvalue weighted by Crippen LogP contribution is -3.15. The number of aromatic nitrogens is 1. The molecular formula is C19H24ClN4O5+. The molecule has 2 amide bonds. The summed E-state index contributed by atoms with van der Waals surface area (Å²) in [6.45, 7) is 4.61. The lowest BCUT2D eigenvalue weighted by molar-refractivity contribution is -0.895. The number of ether oxygens (including phenoxy) is 2. The van der Waals surface area contributed by atoms with Crippen LogP contribution in [0.3, 0.4) is 0 Å². The molecule has 0 radical (unpaired) electrons. The van der Waals surface area contributed by atoms with Crippen LogP contribution in [0.5, 0.6) is 0 Å². The van der Waals surface area contributed by atoms with Gasteiger partial charge in [-0.05, 0) is 19.1 Å². The molecule has 3 N–H and O–H groups in total. The van der Waals surface area contributed by atoms with E-state index >= 15 is 0 Å². The third-order valence-corrected chi connectivity index (χ3v) is 5.15. The Morgan fingerprint density at radius 2 is 2.00 bits per heavy atom. The number of amides is 2. The van der Waals surface area contributed by atoms with Gasteiger partial charge in [-0.15, -0.1) is 0 Å². The number of esters is 1. The monoisotopic (exact) mass is 423 g/mol. The molecule has 10 heteroatoms. The van der Waals surface area contributed by atoms with E-state index in [-0.39, 0.29) is 24.2 Å². The van der Waals surface area contributed by atoms with Gasteiger partial charge in [-0.3, -0.25) is 9.69 Å². The molecule has 0 aliphatic carbocycles. The van der Waals surface area contributed by atoms with E-state index in [1.54, 1.807) is 30.0 Å². The average Bonchev–Trinajstić information content (AvgIpc) is 3.07. The summed E-state index contributed by atoms with van der Waals surface area (Å²) in [5.74, 6) is -0.849. The first kappa shape index (κ1) is 20.9. The molecule has 3 rings (SSSR count). The van der Waals surface area contributed by atoms with Crippen LogP contribution in [-0.2, 0) is 14.3 Å². The number of aromatic amines is 1. The van der Waals surface area contributed by atoms with Gasteiger partial charge >= 0.3 is 12.1 Å². The number of carbonyl (C=O) groups is 3. The van der Waals surface area contributed by atoms with Crippen molar-refractivity contribution in [3.63, 3.8) is 0 Å². The van der Waals surface area contributed by atoms with Gasteiger partial charge in [-0.2, -0.15) is 0 Å². The Morgan fingerprint density at radius 3 is 2.66 bits per heavy atom. The highest BCUT2D eigenvalue weighted by Crippen LogP contribution is 2.33. The zero-order chi connectivity index (χ0) is 21.0. The molecule has 2 heterocycles. The first-order chi connectivity index (χ1) is 13.9. The molecule has 1 aliphatic heterocycles.